The van der Waals surface area contributed by atoms with Crippen molar-refractivity contribution < 1.29 is 14.3 Å². The number of hydrogen-bond donors (Lipinski definition) is 1. The summed E-state index contributed by atoms with van der Waals surface area (Å²) in [6.45, 7) is 4.91. The van der Waals surface area contributed by atoms with E-state index in [2.05, 4.69) is 12.2 Å². The molecule has 1 saturated heterocycles. The van der Waals surface area contributed by atoms with E-state index >= 15 is 0 Å². The fourth-order valence-corrected chi connectivity index (χ4v) is 3.30. The smallest absolute Gasteiger partial charge is 0.249 e. The number of amides is 2. The van der Waals surface area contributed by atoms with Crippen LogP contribution in [0.5, 0.6) is 0 Å². The fourth-order valence-electron chi connectivity index (χ4n) is 3.30. The Morgan fingerprint density at radius 2 is 2.19 bits per heavy atom. The van der Waals surface area contributed by atoms with Gasteiger partial charge in [-0.2, -0.15) is 0 Å². The molecule has 1 heterocycles. The maximum Gasteiger partial charge on any atom is 0.249 e. The van der Waals surface area contributed by atoms with Crippen molar-refractivity contribution in [3.05, 3.63) is 0 Å². The van der Waals surface area contributed by atoms with E-state index in [4.69, 9.17) is 4.74 Å². The molecule has 2 rings (SSSR count). The van der Waals surface area contributed by atoms with Crippen molar-refractivity contribution in [2.45, 2.75) is 70.6 Å². The third-order valence-corrected chi connectivity index (χ3v) is 4.65. The van der Waals surface area contributed by atoms with E-state index in [1.807, 2.05) is 6.92 Å². The molecule has 5 heteroatoms. The monoisotopic (exact) mass is 296 g/mol. The highest BCUT2D eigenvalue weighted by Crippen LogP contribution is 2.27. The van der Waals surface area contributed by atoms with Crippen LogP contribution in [0.3, 0.4) is 0 Å². The van der Waals surface area contributed by atoms with Crippen LogP contribution in [0.1, 0.15) is 52.4 Å². The van der Waals surface area contributed by atoms with Crippen LogP contribution in [0.4, 0.5) is 0 Å². The molecule has 0 bridgehead atoms. The highest BCUT2D eigenvalue weighted by Gasteiger charge is 2.33. The van der Waals surface area contributed by atoms with Crippen molar-refractivity contribution in [1.82, 2.24) is 10.2 Å². The van der Waals surface area contributed by atoms with Crippen LogP contribution in [0.15, 0.2) is 0 Å². The van der Waals surface area contributed by atoms with Crippen molar-refractivity contribution in [1.29, 1.82) is 0 Å². The molecule has 2 aliphatic rings. The van der Waals surface area contributed by atoms with Crippen molar-refractivity contribution in [2.24, 2.45) is 5.92 Å². The summed E-state index contributed by atoms with van der Waals surface area (Å²) in [6.07, 6.45) is 5.60. The molecule has 2 fully saturated rings. The summed E-state index contributed by atoms with van der Waals surface area (Å²) in [7, 11) is 1.77. The predicted octanol–water partition coefficient (Wildman–Crippen LogP) is 1.71. The van der Waals surface area contributed by atoms with Gasteiger partial charge in [0.15, 0.2) is 0 Å². The average Bonchev–Trinajstić information content (AvgIpc) is 2.76. The largest absolute Gasteiger partial charge is 0.365 e. The van der Waals surface area contributed by atoms with Crippen LogP contribution in [0.2, 0.25) is 0 Å². The highest BCUT2D eigenvalue weighted by atomic mass is 16.5. The summed E-state index contributed by atoms with van der Waals surface area (Å²) < 4.78 is 6.01. The number of ether oxygens (including phenoxy) is 1. The van der Waals surface area contributed by atoms with Crippen LogP contribution in [0.25, 0.3) is 0 Å². The maximum absolute atomic E-state index is 12.3. The highest BCUT2D eigenvalue weighted by molar-refractivity contribution is 5.90. The normalized spacial score (nSPS) is 31.3. The van der Waals surface area contributed by atoms with Crippen molar-refractivity contribution >= 4 is 11.8 Å². The number of carbonyl (C=O) groups is 2. The molecule has 1 saturated carbocycles. The van der Waals surface area contributed by atoms with Gasteiger partial charge in [-0.15, -0.1) is 0 Å². The molecule has 120 valence electrons. The molecule has 0 unspecified atom stereocenters. The first-order chi connectivity index (χ1) is 10.0. The van der Waals surface area contributed by atoms with E-state index in [1.165, 1.54) is 12.8 Å². The van der Waals surface area contributed by atoms with E-state index in [-0.39, 0.29) is 24.0 Å². The summed E-state index contributed by atoms with van der Waals surface area (Å²) in [5.41, 5.74) is 0. The molecule has 1 N–H and O–H groups in total. The Hall–Kier alpha value is -1.10. The van der Waals surface area contributed by atoms with Gasteiger partial charge in [-0.05, 0) is 31.6 Å². The lowest BCUT2D eigenvalue weighted by Gasteiger charge is -2.30. The lowest BCUT2D eigenvalue weighted by molar-refractivity contribution is -0.142. The lowest BCUT2D eigenvalue weighted by Crippen LogP contribution is -2.46. The molecule has 21 heavy (non-hydrogen) atoms. The van der Waals surface area contributed by atoms with Gasteiger partial charge < -0.3 is 15.0 Å². The van der Waals surface area contributed by atoms with E-state index in [0.29, 0.717) is 25.3 Å². The second-order valence-electron chi connectivity index (χ2n) is 6.54. The summed E-state index contributed by atoms with van der Waals surface area (Å²) in [6, 6.07) is -0.370. The minimum absolute atomic E-state index is 0.00416. The first kappa shape index (κ1) is 16.3. The summed E-state index contributed by atoms with van der Waals surface area (Å²) in [5, 5.41) is 2.86. The molecule has 1 aliphatic carbocycles. The summed E-state index contributed by atoms with van der Waals surface area (Å²) in [5.74, 6) is 0.545. The van der Waals surface area contributed by atoms with E-state index in [9.17, 15) is 9.59 Å². The summed E-state index contributed by atoms with van der Waals surface area (Å²) in [4.78, 5) is 25.8. The Labute approximate surface area is 127 Å². The van der Waals surface area contributed by atoms with Crippen molar-refractivity contribution in [3.8, 4) is 0 Å². The molecular weight excluding hydrogens is 268 g/mol. The van der Waals surface area contributed by atoms with Gasteiger partial charge >= 0.3 is 0 Å². The zero-order valence-electron chi connectivity index (χ0n) is 13.4. The minimum atomic E-state index is -0.431. The first-order valence-corrected chi connectivity index (χ1v) is 8.22. The Kier molecular flexibility index (Phi) is 5.62. The number of likely N-dealkylation sites (tertiary alicyclic amines) is 1. The number of carbonyl (C=O) groups excluding carboxylic acids is 2. The van der Waals surface area contributed by atoms with Crippen LogP contribution in [-0.2, 0) is 14.3 Å². The Morgan fingerprint density at radius 1 is 1.43 bits per heavy atom. The number of hydrogen-bond acceptors (Lipinski definition) is 3. The van der Waals surface area contributed by atoms with Gasteiger partial charge in [0.05, 0.1) is 6.10 Å². The second-order valence-corrected chi connectivity index (χ2v) is 6.54. The van der Waals surface area contributed by atoms with Gasteiger partial charge in [0, 0.05) is 13.6 Å². The molecule has 0 aromatic heterocycles. The number of nitrogens with zero attached hydrogens (tertiary/aromatic N) is 1. The van der Waals surface area contributed by atoms with Gasteiger partial charge in [0.1, 0.15) is 12.1 Å². The van der Waals surface area contributed by atoms with E-state index in [0.717, 1.165) is 12.8 Å². The number of rotatable bonds is 5. The van der Waals surface area contributed by atoms with Crippen molar-refractivity contribution in [2.75, 3.05) is 13.6 Å². The quantitative estimate of drug-likeness (QED) is 0.840. The third kappa shape index (κ3) is 4.19. The average molecular weight is 296 g/mol. The lowest BCUT2D eigenvalue weighted by atomic mass is 9.88. The molecule has 0 spiro atoms. The molecular formula is C16H28N2O3. The Morgan fingerprint density at radius 3 is 2.76 bits per heavy atom. The van der Waals surface area contributed by atoms with Gasteiger partial charge in [-0.1, -0.05) is 26.7 Å². The van der Waals surface area contributed by atoms with E-state index in [1.54, 1.807) is 11.9 Å². The molecule has 4 atom stereocenters. The van der Waals surface area contributed by atoms with Gasteiger partial charge in [0.2, 0.25) is 11.8 Å². The maximum atomic E-state index is 12.3. The SMILES string of the molecule is CC[C@H](O[C@@H]1CCC[C@H](C)C1)C(=O)N[C@H]1CCN(C)C1=O. The number of likely N-dealkylation sites (N-methyl/N-ethyl adjacent to an activating group) is 1. The Balaban J connectivity index is 1.85. The van der Waals surface area contributed by atoms with Crippen LogP contribution < -0.4 is 5.32 Å². The van der Waals surface area contributed by atoms with Gasteiger partial charge in [0.25, 0.3) is 0 Å². The third-order valence-electron chi connectivity index (χ3n) is 4.65. The molecule has 5 nitrogen and oxygen atoms in total. The van der Waals surface area contributed by atoms with Crippen LogP contribution >= 0.6 is 0 Å². The first-order valence-electron chi connectivity index (χ1n) is 8.22. The molecule has 0 aromatic carbocycles. The molecule has 0 aromatic rings. The topological polar surface area (TPSA) is 58.6 Å². The summed E-state index contributed by atoms with van der Waals surface area (Å²) >= 11 is 0. The van der Waals surface area contributed by atoms with Crippen molar-refractivity contribution in [3.63, 3.8) is 0 Å². The standard InChI is InChI=1S/C16H28N2O3/c1-4-14(21-12-7-5-6-11(2)10-12)15(19)17-13-8-9-18(3)16(13)20/h11-14H,4-10H2,1-3H3,(H,17,19)/t11-,12+,13-,14-/m0/s1. The predicted molar refractivity (Wildman–Crippen MR) is 80.8 cm³/mol. The fraction of sp³-hybridized carbons (Fsp3) is 0.875. The number of nitrogens with one attached hydrogen (secondary N) is 1. The zero-order valence-corrected chi connectivity index (χ0v) is 13.4. The van der Waals surface area contributed by atoms with Gasteiger partial charge in [-0.3, -0.25) is 9.59 Å². The molecule has 2 amide bonds. The van der Waals surface area contributed by atoms with Gasteiger partial charge in [-0.25, -0.2) is 0 Å². The minimum Gasteiger partial charge on any atom is -0.365 e. The van der Waals surface area contributed by atoms with Crippen LogP contribution in [0, 0.1) is 5.92 Å². The molecule has 1 aliphatic heterocycles. The van der Waals surface area contributed by atoms with Crippen LogP contribution in [-0.4, -0.2) is 48.6 Å². The molecule has 0 radical (unpaired) electrons. The second kappa shape index (κ2) is 7.25. The zero-order chi connectivity index (χ0) is 15.4. The van der Waals surface area contributed by atoms with E-state index < -0.39 is 6.10 Å². The Bertz CT molecular complexity index is 386.